The van der Waals surface area contributed by atoms with Crippen LogP contribution in [0.1, 0.15) is 0 Å². The third kappa shape index (κ3) is 1.73. The monoisotopic (exact) mass is 317 g/mol. The van der Waals surface area contributed by atoms with Gasteiger partial charge in [-0.05, 0) is 24.3 Å². The average Bonchev–Trinajstić information content (AvgIpc) is 3.34. The second-order valence-electron chi connectivity index (χ2n) is 5.25. The van der Waals surface area contributed by atoms with E-state index in [4.69, 9.17) is 10.2 Å². The molecule has 116 valence electrons. The van der Waals surface area contributed by atoms with Gasteiger partial charge in [0.1, 0.15) is 0 Å². The highest BCUT2D eigenvalue weighted by atomic mass is 16.3. The first-order chi connectivity index (χ1) is 11.8. The van der Waals surface area contributed by atoms with E-state index in [-0.39, 0.29) is 5.95 Å². The Balaban J connectivity index is 1.81. The third-order valence-electron chi connectivity index (χ3n) is 3.77. The van der Waals surface area contributed by atoms with Crippen LogP contribution in [0.15, 0.2) is 59.3 Å². The first kappa shape index (κ1) is 12.8. The Kier molecular flexibility index (Phi) is 2.49. The molecule has 4 heterocycles. The van der Waals surface area contributed by atoms with Crippen LogP contribution in [-0.2, 0) is 0 Å². The van der Waals surface area contributed by atoms with Crippen LogP contribution in [-0.4, -0.2) is 29.4 Å². The van der Waals surface area contributed by atoms with Crippen molar-refractivity contribution in [2.45, 2.75) is 0 Å². The van der Waals surface area contributed by atoms with Crippen molar-refractivity contribution in [2.24, 2.45) is 0 Å². The van der Waals surface area contributed by atoms with E-state index in [0.29, 0.717) is 22.9 Å². The number of nitrogen functional groups attached to an aromatic ring is 1. The number of nitrogens with two attached hydrogens (primary N) is 1. The Morgan fingerprint density at radius 2 is 1.83 bits per heavy atom. The maximum atomic E-state index is 6.07. The van der Waals surface area contributed by atoms with Crippen molar-refractivity contribution in [3.05, 3.63) is 54.9 Å². The minimum absolute atomic E-state index is 0.237. The van der Waals surface area contributed by atoms with E-state index in [1.165, 1.54) is 4.52 Å². The zero-order valence-corrected chi connectivity index (χ0v) is 12.4. The van der Waals surface area contributed by atoms with Gasteiger partial charge in [-0.1, -0.05) is 18.2 Å². The van der Waals surface area contributed by atoms with Crippen LogP contribution < -0.4 is 5.73 Å². The summed E-state index contributed by atoms with van der Waals surface area (Å²) in [7, 11) is 0. The maximum Gasteiger partial charge on any atom is 0.225 e. The van der Waals surface area contributed by atoms with Crippen molar-refractivity contribution in [1.82, 2.24) is 29.4 Å². The number of fused-ring (bicyclic) bond motifs is 3. The van der Waals surface area contributed by atoms with Gasteiger partial charge in [-0.25, -0.2) is 9.67 Å². The predicted octanol–water partition coefficient (Wildman–Crippen LogP) is 2.31. The molecule has 0 fully saturated rings. The highest BCUT2D eigenvalue weighted by Gasteiger charge is 2.17. The van der Waals surface area contributed by atoms with Gasteiger partial charge in [0.2, 0.25) is 11.8 Å². The number of furan rings is 1. The Hall–Kier alpha value is -3.68. The lowest BCUT2D eigenvalue weighted by Crippen LogP contribution is -2.04. The second-order valence-corrected chi connectivity index (χ2v) is 5.25. The molecule has 0 saturated heterocycles. The molecule has 0 bridgehead atoms. The maximum absolute atomic E-state index is 6.07. The highest BCUT2D eigenvalue weighted by molar-refractivity contribution is 5.91. The fourth-order valence-corrected chi connectivity index (χ4v) is 2.68. The third-order valence-corrected chi connectivity index (χ3v) is 3.77. The summed E-state index contributed by atoms with van der Waals surface area (Å²) >= 11 is 0. The molecule has 24 heavy (non-hydrogen) atoms. The smallest absolute Gasteiger partial charge is 0.225 e. The van der Waals surface area contributed by atoms with Gasteiger partial charge in [0.25, 0.3) is 0 Å². The van der Waals surface area contributed by atoms with Gasteiger partial charge >= 0.3 is 0 Å². The number of rotatable bonds is 2. The number of nitrogens with zero attached hydrogens (tertiary/aromatic N) is 6. The van der Waals surface area contributed by atoms with Crippen LogP contribution in [0.25, 0.3) is 34.0 Å². The summed E-state index contributed by atoms with van der Waals surface area (Å²) in [5, 5.41) is 9.56. The summed E-state index contributed by atoms with van der Waals surface area (Å²) in [6.45, 7) is 0. The van der Waals surface area contributed by atoms with Gasteiger partial charge in [0, 0.05) is 0 Å². The van der Waals surface area contributed by atoms with Crippen LogP contribution in [0.4, 0.5) is 5.95 Å². The van der Waals surface area contributed by atoms with E-state index in [0.717, 1.165) is 11.1 Å². The highest BCUT2D eigenvalue weighted by Crippen LogP contribution is 2.24. The quantitative estimate of drug-likeness (QED) is 0.536. The summed E-state index contributed by atoms with van der Waals surface area (Å²) in [5.41, 5.74) is 8.19. The Bertz CT molecular complexity index is 1160. The van der Waals surface area contributed by atoms with Gasteiger partial charge < -0.3 is 10.2 Å². The molecule has 0 radical (unpaired) electrons. The van der Waals surface area contributed by atoms with Gasteiger partial charge in [-0.3, -0.25) is 0 Å². The van der Waals surface area contributed by atoms with Crippen molar-refractivity contribution in [3.8, 4) is 17.3 Å². The molecule has 5 aromatic rings. The van der Waals surface area contributed by atoms with Crippen molar-refractivity contribution >= 4 is 22.6 Å². The molecule has 1 aromatic carbocycles. The molecule has 2 N–H and O–H groups in total. The number of aromatic nitrogens is 6. The largest absolute Gasteiger partial charge is 0.461 e. The average molecular weight is 317 g/mol. The van der Waals surface area contributed by atoms with Crippen LogP contribution in [0, 0.1) is 0 Å². The molecule has 0 spiro atoms. The minimum atomic E-state index is 0.237. The lowest BCUT2D eigenvalue weighted by atomic mass is 10.3. The fraction of sp³-hybridized carbons (Fsp3) is 0. The Morgan fingerprint density at radius 1 is 0.958 bits per heavy atom. The van der Waals surface area contributed by atoms with Crippen LogP contribution in [0.3, 0.4) is 0 Å². The van der Waals surface area contributed by atoms with E-state index >= 15 is 0 Å². The fourth-order valence-electron chi connectivity index (χ4n) is 2.68. The molecule has 8 nitrogen and oxygen atoms in total. The van der Waals surface area contributed by atoms with Crippen molar-refractivity contribution < 1.29 is 4.42 Å². The van der Waals surface area contributed by atoms with Crippen LogP contribution >= 0.6 is 0 Å². The number of anilines is 1. The molecule has 0 saturated carbocycles. The lowest BCUT2D eigenvalue weighted by molar-refractivity contribution is 0.577. The van der Waals surface area contributed by atoms with E-state index in [1.54, 1.807) is 29.3 Å². The molecular weight excluding hydrogens is 306 g/mol. The van der Waals surface area contributed by atoms with Gasteiger partial charge in [-0.15, -0.1) is 5.10 Å². The molecule has 0 aliphatic carbocycles. The number of hydrogen-bond donors (Lipinski definition) is 1. The molecular formula is C16H11N7O. The zero-order valence-electron chi connectivity index (χ0n) is 12.4. The Morgan fingerprint density at radius 3 is 2.62 bits per heavy atom. The summed E-state index contributed by atoms with van der Waals surface area (Å²) in [6, 6.07) is 13.3. The van der Waals surface area contributed by atoms with E-state index < -0.39 is 0 Å². The second kappa shape index (κ2) is 4.66. The molecule has 4 aromatic heterocycles. The summed E-state index contributed by atoms with van der Waals surface area (Å²) < 4.78 is 8.58. The molecule has 0 unspecified atom stereocenters. The van der Waals surface area contributed by atoms with Gasteiger partial charge in [-0.2, -0.15) is 14.6 Å². The summed E-state index contributed by atoms with van der Waals surface area (Å²) in [5.74, 6) is 1.26. The summed E-state index contributed by atoms with van der Waals surface area (Å²) in [6.07, 6.45) is 3.29. The topological polar surface area (TPSA) is 100 Å². The number of benzene rings is 1. The molecule has 0 aliphatic heterocycles. The van der Waals surface area contributed by atoms with E-state index in [9.17, 15) is 0 Å². The van der Waals surface area contributed by atoms with Gasteiger partial charge in [0.05, 0.1) is 23.5 Å². The lowest BCUT2D eigenvalue weighted by Gasteiger charge is -2.03. The van der Waals surface area contributed by atoms with Crippen molar-refractivity contribution in [3.63, 3.8) is 0 Å². The first-order valence-corrected chi connectivity index (χ1v) is 7.30. The minimum Gasteiger partial charge on any atom is -0.461 e. The molecule has 0 amide bonds. The number of para-hydroxylation sites is 1. The van der Waals surface area contributed by atoms with Crippen LogP contribution in [0.2, 0.25) is 0 Å². The predicted molar refractivity (Wildman–Crippen MR) is 87.5 cm³/mol. The van der Waals surface area contributed by atoms with Crippen LogP contribution in [0.5, 0.6) is 0 Å². The summed E-state index contributed by atoms with van der Waals surface area (Å²) in [4.78, 5) is 8.98. The van der Waals surface area contributed by atoms with Crippen molar-refractivity contribution in [1.29, 1.82) is 0 Å². The normalized spacial score (nSPS) is 11.5. The Labute approximate surface area is 135 Å². The standard InChI is InChI=1S/C16H11N7O/c17-16-20-15-11(9-18-22(15)10-5-2-1-3-6-10)14-19-13(21-23(14)16)12-7-4-8-24-12/h1-9H,(H2,17,20). The SMILES string of the molecule is Nc1nc2c(cnn2-c2ccccc2)c2nc(-c3ccco3)nn12. The number of hydrogen-bond acceptors (Lipinski definition) is 6. The van der Waals surface area contributed by atoms with E-state index in [2.05, 4.69) is 20.2 Å². The molecule has 0 atom stereocenters. The first-order valence-electron chi connectivity index (χ1n) is 7.30. The van der Waals surface area contributed by atoms with Gasteiger partial charge in [0.15, 0.2) is 17.1 Å². The zero-order chi connectivity index (χ0) is 16.1. The molecule has 8 heteroatoms. The molecule has 0 aliphatic rings. The van der Waals surface area contributed by atoms with Crippen molar-refractivity contribution in [2.75, 3.05) is 5.73 Å². The van der Waals surface area contributed by atoms with E-state index in [1.807, 2.05) is 30.3 Å². The molecule has 5 rings (SSSR count).